The van der Waals surface area contributed by atoms with Gasteiger partial charge in [0.2, 0.25) is 0 Å². The van der Waals surface area contributed by atoms with E-state index in [2.05, 4.69) is 5.32 Å². The van der Waals surface area contributed by atoms with Crippen LogP contribution in [0.15, 0.2) is 6.07 Å². The first-order valence-electron chi connectivity index (χ1n) is 5.91. The van der Waals surface area contributed by atoms with E-state index in [0.717, 1.165) is 36.9 Å². The Balaban J connectivity index is 2.48. The Morgan fingerprint density at radius 2 is 2.24 bits per heavy atom. The molecule has 1 fully saturated rings. The van der Waals surface area contributed by atoms with Gasteiger partial charge >= 0.3 is 0 Å². The van der Waals surface area contributed by atoms with Gasteiger partial charge in [0.15, 0.2) is 0 Å². The summed E-state index contributed by atoms with van der Waals surface area (Å²) in [5.74, 6) is 0.336. The van der Waals surface area contributed by atoms with Crippen molar-refractivity contribution >= 4 is 11.6 Å². The average molecular weight is 258 g/mol. The Morgan fingerprint density at radius 3 is 2.82 bits per heavy atom. The van der Waals surface area contributed by atoms with Gasteiger partial charge in [0.1, 0.15) is 11.6 Å². The Hall–Kier alpha value is -0.800. The molecule has 0 aliphatic carbocycles. The fourth-order valence-corrected chi connectivity index (χ4v) is 2.71. The summed E-state index contributed by atoms with van der Waals surface area (Å²) in [6.45, 7) is 2.78. The molecule has 0 saturated carbocycles. The quantitative estimate of drug-likeness (QED) is 0.874. The van der Waals surface area contributed by atoms with Crippen molar-refractivity contribution in [2.75, 3.05) is 13.7 Å². The van der Waals surface area contributed by atoms with Crippen LogP contribution < -0.4 is 10.1 Å². The van der Waals surface area contributed by atoms with Gasteiger partial charge in [-0.3, -0.25) is 0 Å². The predicted molar refractivity (Wildman–Crippen MR) is 67.3 cm³/mol. The van der Waals surface area contributed by atoms with Gasteiger partial charge in [-0.15, -0.1) is 0 Å². The molecule has 1 atom stereocenters. The summed E-state index contributed by atoms with van der Waals surface area (Å²) in [6, 6.07) is 1.52. The average Bonchev–Trinajstić information content (AvgIpc) is 2.34. The van der Waals surface area contributed by atoms with Gasteiger partial charge in [-0.25, -0.2) is 4.39 Å². The molecule has 0 bridgehead atoms. The third-order valence-corrected chi connectivity index (χ3v) is 3.64. The third-order valence-electron chi connectivity index (χ3n) is 3.26. The Kier molecular flexibility index (Phi) is 3.89. The number of aryl methyl sites for hydroxylation is 1. The highest BCUT2D eigenvalue weighted by Crippen LogP contribution is 2.39. The van der Waals surface area contributed by atoms with Gasteiger partial charge in [-0.05, 0) is 37.9 Å². The second-order valence-corrected chi connectivity index (χ2v) is 4.82. The van der Waals surface area contributed by atoms with Gasteiger partial charge in [0.05, 0.1) is 12.1 Å². The smallest absolute Gasteiger partial charge is 0.142 e. The second-order valence-electron chi connectivity index (χ2n) is 4.44. The first-order chi connectivity index (χ1) is 8.15. The Morgan fingerprint density at radius 1 is 1.47 bits per heavy atom. The van der Waals surface area contributed by atoms with Crippen LogP contribution in [0.25, 0.3) is 0 Å². The number of methoxy groups -OCH3 is 1. The SMILES string of the molecule is COc1c(C)cc(F)c(Cl)c1C1CCCCN1. The van der Waals surface area contributed by atoms with Crippen LogP contribution in [-0.2, 0) is 0 Å². The van der Waals surface area contributed by atoms with Crippen molar-refractivity contribution in [3.8, 4) is 5.75 Å². The lowest BCUT2D eigenvalue weighted by atomic mass is 9.95. The first-order valence-corrected chi connectivity index (χ1v) is 6.28. The highest BCUT2D eigenvalue weighted by molar-refractivity contribution is 6.31. The van der Waals surface area contributed by atoms with Crippen LogP contribution in [0.1, 0.15) is 36.4 Å². The monoisotopic (exact) mass is 257 g/mol. The van der Waals surface area contributed by atoms with Crippen LogP contribution in [0.3, 0.4) is 0 Å². The van der Waals surface area contributed by atoms with E-state index in [1.807, 2.05) is 6.92 Å². The van der Waals surface area contributed by atoms with Crippen LogP contribution in [0.4, 0.5) is 4.39 Å². The standard InChI is InChI=1S/C13H17ClFNO/c1-8-7-9(15)12(14)11(13(8)17-2)10-5-3-4-6-16-10/h7,10,16H,3-6H2,1-2H3. The van der Waals surface area contributed by atoms with Crippen LogP contribution >= 0.6 is 11.6 Å². The zero-order valence-corrected chi connectivity index (χ0v) is 10.9. The summed E-state index contributed by atoms with van der Waals surface area (Å²) in [7, 11) is 1.60. The van der Waals surface area contributed by atoms with Crippen LogP contribution in [0.5, 0.6) is 5.75 Å². The molecule has 2 rings (SSSR count). The lowest BCUT2D eigenvalue weighted by Gasteiger charge is -2.27. The van der Waals surface area contributed by atoms with Crippen LogP contribution in [0, 0.1) is 12.7 Å². The number of piperidine rings is 1. The van der Waals surface area contributed by atoms with Crippen molar-refractivity contribution in [1.29, 1.82) is 0 Å². The summed E-state index contributed by atoms with van der Waals surface area (Å²) in [5, 5.41) is 3.56. The summed E-state index contributed by atoms with van der Waals surface area (Å²) < 4.78 is 19.1. The highest BCUT2D eigenvalue weighted by Gasteiger charge is 2.24. The molecule has 0 radical (unpaired) electrons. The molecule has 94 valence electrons. The minimum Gasteiger partial charge on any atom is -0.496 e. The molecule has 1 aromatic rings. The number of hydrogen-bond donors (Lipinski definition) is 1. The van der Waals surface area contributed by atoms with Crippen molar-refractivity contribution < 1.29 is 9.13 Å². The van der Waals surface area contributed by atoms with Crippen molar-refractivity contribution in [3.63, 3.8) is 0 Å². The molecule has 1 aliphatic heterocycles. The number of halogens is 2. The molecule has 0 spiro atoms. The summed E-state index contributed by atoms with van der Waals surface area (Å²) in [4.78, 5) is 0. The molecule has 4 heteroatoms. The predicted octanol–water partition coefficient (Wildman–Crippen LogP) is 3.61. The van der Waals surface area contributed by atoms with E-state index in [1.165, 1.54) is 6.07 Å². The molecule has 1 N–H and O–H groups in total. The summed E-state index contributed by atoms with van der Waals surface area (Å²) >= 11 is 6.09. The summed E-state index contributed by atoms with van der Waals surface area (Å²) in [5.41, 5.74) is 1.56. The summed E-state index contributed by atoms with van der Waals surface area (Å²) in [6.07, 6.45) is 3.26. The highest BCUT2D eigenvalue weighted by atomic mass is 35.5. The number of ether oxygens (including phenoxy) is 1. The number of benzene rings is 1. The fraction of sp³-hybridized carbons (Fsp3) is 0.538. The fourth-order valence-electron chi connectivity index (χ4n) is 2.44. The van der Waals surface area contributed by atoms with Crippen molar-refractivity contribution in [1.82, 2.24) is 5.32 Å². The van der Waals surface area contributed by atoms with E-state index in [1.54, 1.807) is 7.11 Å². The molecule has 1 aromatic carbocycles. The molecule has 1 unspecified atom stereocenters. The van der Waals surface area contributed by atoms with Gasteiger partial charge < -0.3 is 10.1 Å². The normalized spacial score (nSPS) is 20.4. The van der Waals surface area contributed by atoms with Crippen molar-refractivity contribution in [2.45, 2.75) is 32.2 Å². The Labute approximate surface area is 106 Å². The second kappa shape index (κ2) is 5.23. The van der Waals surface area contributed by atoms with E-state index < -0.39 is 0 Å². The maximum absolute atomic E-state index is 13.7. The minimum absolute atomic E-state index is 0.0978. The van der Waals surface area contributed by atoms with Gasteiger partial charge in [0.25, 0.3) is 0 Å². The maximum Gasteiger partial charge on any atom is 0.142 e. The molecule has 0 amide bonds. The van der Waals surface area contributed by atoms with Crippen LogP contribution in [0.2, 0.25) is 5.02 Å². The molecule has 0 aromatic heterocycles. The van der Waals surface area contributed by atoms with Gasteiger partial charge in [-0.2, -0.15) is 0 Å². The number of rotatable bonds is 2. The van der Waals surface area contributed by atoms with Crippen molar-refractivity contribution in [3.05, 3.63) is 28.0 Å². The first kappa shape index (κ1) is 12.7. The van der Waals surface area contributed by atoms with E-state index >= 15 is 0 Å². The lowest BCUT2D eigenvalue weighted by Crippen LogP contribution is -2.27. The van der Waals surface area contributed by atoms with E-state index in [-0.39, 0.29) is 16.9 Å². The molecule has 2 nitrogen and oxygen atoms in total. The van der Waals surface area contributed by atoms with Gasteiger partial charge in [-0.1, -0.05) is 18.0 Å². The molecular formula is C13H17ClFNO. The minimum atomic E-state index is -0.368. The lowest BCUT2D eigenvalue weighted by molar-refractivity contribution is 0.370. The van der Waals surface area contributed by atoms with Gasteiger partial charge in [0, 0.05) is 11.6 Å². The number of hydrogen-bond acceptors (Lipinski definition) is 2. The molecule has 17 heavy (non-hydrogen) atoms. The molecule has 1 heterocycles. The van der Waals surface area contributed by atoms with E-state index in [4.69, 9.17) is 16.3 Å². The maximum atomic E-state index is 13.7. The number of nitrogens with one attached hydrogen (secondary N) is 1. The molecular weight excluding hydrogens is 241 g/mol. The zero-order chi connectivity index (χ0) is 12.4. The third kappa shape index (κ3) is 2.40. The van der Waals surface area contributed by atoms with Crippen molar-refractivity contribution in [2.24, 2.45) is 0 Å². The topological polar surface area (TPSA) is 21.3 Å². The molecule has 1 saturated heterocycles. The van der Waals surface area contributed by atoms with E-state index in [9.17, 15) is 4.39 Å². The van der Waals surface area contributed by atoms with Crippen LogP contribution in [-0.4, -0.2) is 13.7 Å². The largest absolute Gasteiger partial charge is 0.496 e. The molecule has 1 aliphatic rings. The van der Waals surface area contributed by atoms with E-state index in [0.29, 0.717) is 5.75 Å². The zero-order valence-electron chi connectivity index (χ0n) is 10.1. The Bertz CT molecular complexity index is 416.